The summed E-state index contributed by atoms with van der Waals surface area (Å²) in [6, 6.07) is -0.282. The predicted molar refractivity (Wildman–Crippen MR) is 73.9 cm³/mol. The highest BCUT2D eigenvalue weighted by molar-refractivity contribution is 5.80. The fraction of sp³-hybridized carbons (Fsp3) is 0.857. The van der Waals surface area contributed by atoms with E-state index in [2.05, 4.69) is 31.0 Å². The molecule has 1 rings (SSSR count). The minimum Gasteiger partial charge on any atom is -0.481 e. The van der Waals surface area contributed by atoms with Crippen LogP contribution in [0.3, 0.4) is 0 Å². The van der Waals surface area contributed by atoms with Gasteiger partial charge in [-0.15, -0.1) is 0 Å². The number of hydrogen-bond acceptors (Lipinski definition) is 3. The summed E-state index contributed by atoms with van der Waals surface area (Å²) in [6.45, 7) is 7.86. The lowest BCUT2D eigenvalue weighted by atomic mass is 9.86. The van der Waals surface area contributed by atoms with Gasteiger partial charge in [-0.25, -0.2) is 0 Å². The number of rotatable bonds is 5. The molecule has 110 valence electrons. The number of carboxylic acid groups (broad SMARTS) is 1. The van der Waals surface area contributed by atoms with E-state index in [-0.39, 0.29) is 29.7 Å². The van der Waals surface area contributed by atoms with Crippen LogP contribution in [0, 0.1) is 11.3 Å². The van der Waals surface area contributed by atoms with Gasteiger partial charge in [0.25, 0.3) is 0 Å². The minimum absolute atomic E-state index is 0.000135. The van der Waals surface area contributed by atoms with Crippen molar-refractivity contribution < 1.29 is 14.7 Å². The Kier molecular flexibility index (Phi) is 5.35. The molecule has 0 aromatic carbocycles. The monoisotopic (exact) mass is 270 g/mol. The van der Waals surface area contributed by atoms with E-state index in [1.54, 1.807) is 0 Å². The summed E-state index contributed by atoms with van der Waals surface area (Å²) < 4.78 is 0. The zero-order valence-corrected chi connectivity index (χ0v) is 12.4. The largest absolute Gasteiger partial charge is 0.481 e. The number of nitrogens with zero attached hydrogens (tertiary/aromatic N) is 1. The maximum absolute atomic E-state index is 12.1. The van der Waals surface area contributed by atoms with Gasteiger partial charge in [0.2, 0.25) is 5.91 Å². The molecule has 0 bridgehead atoms. The Morgan fingerprint density at radius 3 is 2.47 bits per heavy atom. The van der Waals surface area contributed by atoms with Crippen LogP contribution >= 0.6 is 0 Å². The van der Waals surface area contributed by atoms with E-state index in [1.165, 1.54) is 0 Å². The summed E-state index contributed by atoms with van der Waals surface area (Å²) in [5.41, 5.74) is -0.000135. The first-order chi connectivity index (χ1) is 8.67. The summed E-state index contributed by atoms with van der Waals surface area (Å²) in [5.74, 6) is -0.862. The molecule has 0 radical (unpaired) electrons. The van der Waals surface area contributed by atoms with Gasteiger partial charge < -0.3 is 15.3 Å². The number of nitrogens with one attached hydrogen (secondary N) is 1. The quantitative estimate of drug-likeness (QED) is 0.791. The van der Waals surface area contributed by atoms with Crippen molar-refractivity contribution in [2.45, 2.75) is 46.1 Å². The molecule has 2 atom stereocenters. The van der Waals surface area contributed by atoms with Crippen molar-refractivity contribution >= 4 is 11.9 Å². The highest BCUT2D eigenvalue weighted by Crippen LogP contribution is 2.23. The van der Waals surface area contributed by atoms with E-state index < -0.39 is 5.97 Å². The first-order valence-corrected chi connectivity index (χ1v) is 6.88. The van der Waals surface area contributed by atoms with Crippen LogP contribution in [0.15, 0.2) is 0 Å². The zero-order valence-electron chi connectivity index (χ0n) is 12.4. The number of hydrogen-bond donors (Lipinski definition) is 2. The summed E-state index contributed by atoms with van der Waals surface area (Å²) in [6.07, 6.45) is 1.52. The van der Waals surface area contributed by atoms with E-state index in [0.29, 0.717) is 6.42 Å². The molecule has 19 heavy (non-hydrogen) atoms. The van der Waals surface area contributed by atoms with Crippen molar-refractivity contribution in [3.63, 3.8) is 0 Å². The molecule has 2 unspecified atom stereocenters. The first kappa shape index (κ1) is 16.0. The number of amides is 1. The molecule has 0 saturated carbocycles. The van der Waals surface area contributed by atoms with Crippen LogP contribution in [0.25, 0.3) is 0 Å². The standard InChI is InChI=1S/C14H26N2O3/c1-14(2,3)8-11(7-12(17)18)15-13(19)10-5-6-16(4)9-10/h10-11H,5-9H2,1-4H3,(H,15,19)(H,17,18). The molecule has 1 saturated heterocycles. The van der Waals surface area contributed by atoms with Gasteiger partial charge in [-0.3, -0.25) is 9.59 Å². The highest BCUT2D eigenvalue weighted by atomic mass is 16.4. The van der Waals surface area contributed by atoms with Crippen LogP contribution in [0.1, 0.15) is 40.0 Å². The molecule has 1 fully saturated rings. The van der Waals surface area contributed by atoms with Crippen LogP contribution in [-0.2, 0) is 9.59 Å². The lowest BCUT2D eigenvalue weighted by molar-refractivity contribution is -0.138. The lowest BCUT2D eigenvalue weighted by Gasteiger charge is -2.26. The molecule has 1 aliphatic rings. The fourth-order valence-electron chi connectivity index (χ4n) is 2.59. The van der Waals surface area contributed by atoms with Gasteiger partial charge in [-0.2, -0.15) is 0 Å². The number of carboxylic acids is 1. The van der Waals surface area contributed by atoms with Crippen molar-refractivity contribution in [2.24, 2.45) is 11.3 Å². The van der Waals surface area contributed by atoms with E-state index in [4.69, 9.17) is 5.11 Å². The third-order valence-electron chi connectivity index (χ3n) is 3.39. The maximum Gasteiger partial charge on any atom is 0.305 e. The van der Waals surface area contributed by atoms with Crippen molar-refractivity contribution in [3.05, 3.63) is 0 Å². The molecule has 0 spiro atoms. The van der Waals surface area contributed by atoms with Gasteiger partial charge in [-0.05, 0) is 31.8 Å². The number of likely N-dealkylation sites (tertiary alicyclic amines) is 1. The van der Waals surface area contributed by atoms with E-state index in [9.17, 15) is 9.59 Å². The van der Waals surface area contributed by atoms with Crippen LogP contribution in [0.2, 0.25) is 0 Å². The Hall–Kier alpha value is -1.10. The molecule has 5 heteroatoms. The van der Waals surface area contributed by atoms with Crippen molar-refractivity contribution in [3.8, 4) is 0 Å². The Morgan fingerprint density at radius 1 is 1.42 bits per heavy atom. The van der Waals surface area contributed by atoms with Crippen LogP contribution in [0.4, 0.5) is 0 Å². The number of carbonyl (C=O) groups is 2. The van der Waals surface area contributed by atoms with Crippen molar-refractivity contribution in [2.75, 3.05) is 20.1 Å². The molecule has 1 amide bonds. The van der Waals surface area contributed by atoms with E-state index >= 15 is 0 Å². The van der Waals surface area contributed by atoms with E-state index in [0.717, 1.165) is 19.5 Å². The first-order valence-electron chi connectivity index (χ1n) is 6.88. The van der Waals surface area contributed by atoms with Crippen molar-refractivity contribution in [1.82, 2.24) is 10.2 Å². The second kappa shape index (κ2) is 6.37. The second-order valence-electron chi connectivity index (χ2n) is 6.82. The second-order valence-corrected chi connectivity index (χ2v) is 6.82. The molecule has 1 heterocycles. The van der Waals surface area contributed by atoms with Gasteiger partial charge in [0.1, 0.15) is 0 Å². The van der Waals surface area contributed by atoms with Gasteiger partial charge in [0.05, 0.1) is 12.3 Å². The molecule has 1 aliphatic heterocycles. The van der Waals surface area contributed by atoms with Crippen molar-refractivity contribution in [1.29, 1.82) is 0 Å². The number of carbonyl (C=O) groups excluding carboxylic acids is 1. The Labute approximate surface area is 115 Å². The average molecular weight is 270 g/mol. The van der Waals surface area contributed by atoms with Gasteiger partial charge >= 0.3 is 5.97 Å². The number of aliphatic carboxylic acids is 1. The molecule has 0 aliphatic carbocycles. The third-order valence-corrected chi connectivity index (χ3v) is 3.39. The highest BCUT2D eigenvalue weighted by Gasteiger charge is 2.29. The minimum atomic E-state index is -0.863. The third kappa shape index (κ3) is 6.05. The molecule has 5 nitrogen and oxygen atoms in total. The molecule has 2 N–H and O–H groups in total. The zero-order chi connectivity index (χ0) is 14.6. The maximum atomic E-state index is 12.1. The van der Waals surface area contributed by atoms with Gasteiger partial charge in [0.15, 0.2) is 0 Å². The Morgan fingerprint density at radius 2 is 2.05 bits per heavy atom. The smallest absolute Gasteiger partial charge is 0.305 e. The molecule has 0 aromatic heterocycles. The van der Waals surface area contributed by atoms with Crippen LogP contribution in [0.5, 0.6) is 0 Å². The van der Waals surface area contributed by atoms with Crippen LogP contribution < -0.4 is 5.32 Å². The molecule has 0 aromatic rings. The SMILES string of the molecule is CN1CCC(C(=O)NC(CC(=O)O)CC(C)(C)C)C1. The Bertz CT molecular complexity index is 336. The van der Waals surface area contributed by atoms with Crippen LogP contribution in [-0.4, -0.2) is 48.1 Å². The predicted octanol–water partition coefficient (Wildman–Crippen LogP) is 1.33. The normalized spacial score (nSPS) is 22.2. The summed E-state index contributed by atoms with van der Waals surface area (Å²) in [5, 5.41) is 11.9. The lowest BCUT2D eigenvalue weighted by Crippen LogP contribution is -2.42. The average Bonchev–Trinajstić information content (AvgIpc) is 2.60. The summed E-state index contributed by atoms with van der Waals surface area (Å²) >= 11 is 0. The van der Waals surface area contributed by atoms with Gasteiger partial charge in [-0.1, -0.05) is 20.8 Å². The molecular weight excluding hydrogens is 244 g/mol. The topological polar surface area (TPSA) is 69.6 Å². The summed E-state index contributed by atoms with van der Waals surface area (Å²) in [7, 11) is 2.00. The van der Waals surface area contributed by atoms with Gasteiger partial charge in [0, 0.05) is 12.6 Å². The summed E-state index contributed by atoms with van der Waals surface area (Å²) in [4.78, 5) is 25.2. The Balaban J connectivity index is 2.56. The van der Waals surface area contributed by atoms with E-state index in [1.807, 2.05) is 7.05 Å². The molecular formula is C14H26N2O3. The fourth-order valence-corrected chi connectivity index (χ4v) is 2.59.